The quantitative estimate of drug-likeness (QED) is 0.742. The van der Waals surface area contributed by atoms with Crippen LogP contribution in [0.25, 0.3) is 0 Å². The van der Waals surface area contributed by atoms with Crippen molar-refractivity contribution in [1.29, 1.82) is 0 Å². The Balaban J connectivity index is 2.79. The molecule has 0 radical (unpaired) electrons. The number of pyridine rings is 1. The van der Waals surface area contributed by atoms with Gasteiger partial charge < -0.3 is 19.8 Å². The van der Waals surface area contributed by atoms with E-state index < -0.39 is 17.8 Å². The van der Waals surface area contributed by atoms with Crippen LogP contribution in [0.5, 0.6) is 0 Å². The molecule has 0 unspecified atom stereocenters. The first-order valence-corrected chi connectivity index (χ1v) is 5.54. The smallest absolute Gasteiger partial charge is 0.261 e. The van der Waals surface area contributed by atoms with E-state index in [2.05, 4.69) is 10.3 Å². The Morgan fingerprint density at radius 2 is 2.00 bits per heavy atom. The molecule has 18 heavy (non-hydrogen) atoms. The number of carbonyl (C=O) groups excluding carboxylic acids is 1. The van der Waals surface area contributed by atoms with Crippen molar-refractivity contribution in [3.8, 4) is 0 Å². The lowest BCUT2D eigenvalue weighted by atomic mass is 10.1. The zero-order valence-corrected chi connectivity index (χ0v) is 11.0. The van der Waals surface area contributed by atoms with Gasteiger partial charge in [0.2, 0.25) is 0 Å². The van der Waals surface area contributed by atoms with E-state index >= 15 is 0 Å². The molecule has 0 fully saturated rings. The summed E-state index contributed by atoms with van der Waals surface area (Å²) in [4.78, 5) is 26.1. The largest absolute Gasteiger partial charge is 0.354 e. The average molecular weight is 254 g/mol. The van der Waals surface area contributed by atoms with Gasteiger partial charge >= 0.3 is 0 Å². The second-order valence-corrected chi connectivity index (χ2v) is 3.93. The van der Waals surface area contributed by atoms with Crippen LogP contribution in [0, 0.1) is 13.8 Å². The molecule has 0 spiro atoms. The molecule has 0 saturated heterocycles. The van der Waals surface area contributed by atoms with Gasteiger partial charge in [0.1, 0.15) is 5.56 Å². The topological polar surface area (TPSA) is 80.4 Å². The summed E-state index contributed by atoms with van der Waals surface area (Å²) in [7, 11) is 2.95. The molecule has 0 aliphatic heterocycles. The molecule has 0 aromatic carbocycles. The standard InChI is InChI=1S/C12H18N2O4/c1-7-5-9(12(16)14-8(7)2)11(15)13-6-10(17-3)18-4/h5,10H,6H2,1-4H3,(H,13,15)(H,14,16). The van der Waals surface area contributed by atoms with E-state index in [0.29, 0.717) is 0 Å². The number of hydrogen-bond donors (Lipinski definition) is 2. The molecule has 0 aliphatic rings. The van der Waals surface area contributed by atoms with Crippen LogP contribution >= 0.6 is 0 Å². The molecule has 1 aromatic rings. The van der Waals surface area contributed by atoms with Gasteiger partial charge in [0.25, 0.3) is 11.5 Å². The highest BCUT2D eigenvalue weighted by molar-refractivity contribution is 5.94. The fourth-order valence-corrected chi connectivity index (χ4v) is 1.43. The second-order valence-electron chi connectivity index (χ2n) is 3.93. The number of hydrogen-bond acceptors (Lipinski definition) is 4. The van der Waals surface area contributed by atoms with Crippen LogP contribution in [0.15, 0.2) is 10.9 Å². The monoisotopic (exact) mass is 254 g/mol. The van der Waals surface area contributed by atoms with E-state index in [1.807, 2.05) is 6.92 Å². The van der Waals surface area contributed by atoms with Gasteiger partial charge in [-0.2, -0.15) is 0 Å². The van der Waals surface area contributed by atoms with Gasteiger partial charge in [-0.15, -0.1) is 0 Å². The first-order valence-electron chi connectivity index (χ1n) is 5.54. The van der Waals surface area contributed by atoms with Crippen molar-refractivity contribution in [2.75, 3.05) is 20.8 Å². The molecule has 0 bridgehead atoms. The van der Waals surface area contributed by atoms with Crippen molar-refractivity contribution in [2.24, 2.45) is 0 Å². The van der Waals surface area contributed by atoms with Gasteiger partial charge in [-0.1, -0.05) is 0 Å². The van der Waals surface area contributed by atoms with E-state index in [4.69, 9.17) is 9.47 Å². The Labute approximate surface area is 105 Å². The van der Waals surface area contributed by atoms with Gasteiger partial charge in [-0.3, -0.25) is 9.59 Å². The maximum Gasteiger partial charge on any atom is 0.261 e. The van der Waals surface area contributed by atoms with Crippen molar-refractivity contribution < 1.29 is 14.3 Å². The summed E-state index contributed by atoms with van der Waals surface area (Å²) in [5, 5.41) is 2.58. The number of nitrogens with one attached hydrogen (secondary N) is 2. The lowest BCUT2D eigenvalue weighted by molar-refractivity contribution is -0.0974. The Morgan fingerprint density at radius 3 is 2.56 bits per heavy atom. The molecular formula is C12H18N2O4. The third-order valence-corrected chi connectivity index (χ3v) is 2.70. The van der Waals surface area contributed by atoms with E-state index in [-0.39, 0.29) is 12.1 Å². The van der Waals surface area contributed by atoms with E-state index in [9.17, 15) is 9.59 Å². The molecule has 1 amide bonds. The Hall–Kier alpha value is -1.66. The summed E-state index contributed by atoms with van der Waals surface area (Å²) in [6.07, 6.45) is -0.528. The predicted octanol–water partition coefficient (Wildman–Crippen LogP) is 0.340. The Morgan fingerprint density at radius 1 is 1.39 bits per heavy atom. The van der Waals surface area contributed by atoms with Crippen molar-refractivity contribution in [2.45, 2.75) is 20.1 Å². The molecule has 0 saturated carbocycles. The number of ether oxygens (including phenoxy) is 2. The first-order chi connectivity index (χ1) is 8.49. The van der Waals surface area contributed by atoms with Crippen molar-refractivity contribution in [3.63, 3.8) is 0 Å². The van der Waals surface area contributed by atoms with E-state index in [0.717, 1.165) is 11.3 Å². The molecule has 1 heterocycles. The van der Waals surface area contributed by atoms with Gasteiger partial charge in [-0.05, 0) is 25.5 Å². The molecule has 1 aromatic heterocycles. The number of H-pyrrole nitrogens is 1. The number of rotatable bonds is 5. The number of methoxy groups -OCH3 is 2. The fraction of sp³-hybridized carbons (Fsp3) is 0.500. The summed E-state index contributed by atoms with van der Waals surface area (Å²) in [6.45, 7) is 3.79. The third-order valence-electron chi connectivity index (χ3n) is 2.70. The van der Waals surface area contributed by atoms with Gasteiger partial charge in [0.05, 0.1) is 6.54 Å². The van der Waals surface area contributed by atoms with Crippen molar-refractivity contribution in [3.05, 3.63) is 33.2 Å². The lowest BCUT2D eigenvalue weighted by Crippen LogP contribution is -2.36. The van der Waals surface area contributed by atoms with Crippen LogP contribution in [0.1, 0.15) is 21.6 Å². The molecule has 0 atom stereocenters. The zero-order chi connectivity index (χ0) is 13.7. The highest BCUT2D eigenvalue weighted by Crippen LogP contribution is 2.02. The molecule has 0 aliphatic carbocycles. The molecule has 6 heteroatoms. The molecular weight excluding hydrogens is 236 g/mol. The third kappa shape index (κ3) is 3.41. The maximum absolute atomic E-state index is 11.8. The summed E-state index contributed by atoms with van der Waals surface area (Å²) in [5.41, 5.74) is 1.30. The molecule has 6 nitrogen and oxygen atoms in total. The van der Waals surface area contributed by atoms with Crippen LogP contribution in [-0.4, -0.2) is 37.9 Å². The normalized spacial score (nSPS) is 10.7. The number of aromatic nitrogens is 1. The van der Waals surface area contributed by atoms with Crippen LogP contribution < -0.4 is 10.9 Å². The summed E-state index contributed by atoms with van der Waals surface area (Å²) in [5.74, 6) is -0.446. The highest BCUT2D eigenvalue weighted by Gasteiger charge is 2.13. The number of carbonyl (C=O) groups is 1. The van der Waals surface area contributed by atoms with Crippen molar-refractivity contribution in [1.82, 2.24) is 10.3 Å². The SMILES string of the molecule is COC(CNC(=O)c1cc(C)c(C)[nH]c1=O)OC. The Kier molecular flexibility index (Phi) is 5.06. The van der Waals surface area contributed by atoms with E-state index in [1.54, 1.807) is 13.0 Å². The van der Waals surface area contributed by atoms with Gasteiger partial charge in [0, 0.05) is 19.9 Å². The number of amides is 1. The van der Waals surface area contributed by atoms with Crippen LogP contribution in [0.3, 0.4) is 0 Å². The summed E-state index contributed by atoms with van der Waals surface area (Å²) >= 11 is 0. The summed E-state index contributed by atoms with van der Waals surface area (Å²) < 4.78 is 9.87. The average Bonchev–Trinajstić information content (AvgIpc) is 2.34. The zero-order valence-electron chi connectivity index (χ0n) is 11.0. The minimum atomic E-state index is -0.528. The first kappa shape index (κ1) is 14.4. The molecule has 2 N–H and O–H groups in total. The maximum atomic E-state index is 11.8. The lowest BCUT2D eigenvalue weighted by Gasteiger charge is -2.14. The van der Waals surface area contributed by atoms with Gasteiger partial charge in [-0.25, -0.2) is 0 Å². The highest BCUT2D eigenvalue weighted by atomic mass is 16.7. The predicted molar refractivity (Wildman–Crippen MR) is 66.7 cm³/mol. The van der Waals surface area contributed by atoms with E-state index in [1.165, 1.54) is 14.2 Å². The van der Waals surface area contributed by atoms with Crippen LogP contribution in [0.2, 0.25) is 0 Å². The van der Waals surface area contributed by atoms with Crippen molar-refractivity contribution >= 4 is 5.91 Å². The second kappa shape index (κ2) is 6.32. The van der Waals surface area contributed by atoms with Crippen LogP contribution in [0.4, 0.5) is 0 Å². The minimum absolute atomic E-state index is 0.0871. The Bertz CT molecular complexity index is 477. The molecule has 1 rings (SSSR count). The van der Waals surface area contributed by atoms with Gasteiger partial charge in [0.15, 0.2) is 6.29 Å². The number of aromatic amines is 1. The van der Waals surface area contributed by atoms with Crippen LogP contribution in [-0.2, 0) is 9.47 Å². The fourth-order valence-electron chi connectivity index (χ4n) is 1.43. The minimum Gasteiger partial charge on any atom is -0.354 e. The summed E-state index contributed by atoms with van der Waals surface area (Å²) in [6, 6.07) is 1.57. The number of aryl methyl sites for hydroxylation is 2. The molecule has 100 valence electrons.